The highest BCUT2D eigenvalue weighted by Crippen LogP contribution is 2.25. The Bertz CT molecular complexity index is 560. The number of aryl methyl sites for hydroxylation is 2. The predicted molar refractivity (Wildman–Crippen MR) is 86.4 cm³/mol. The van der Waals surface area contributed by atoms with Gasteiger partial charge < -0.3 is 20.3 Å². The van der Waals surface area contributed by atoms with Crippen molar-refractivity contribution in [2.75, 3.05) is 6.61 Å². The molecular formula is C18H25NO4. The maximum atomic E-state index is 12.0. The molecule has 0 bridgehead atoms. The van der Waals surface area contributed by atoms with Crippen molar-refractivity contribution in [2.45, 2.75) is 63.2 Å². The SMILES string of the molecule is O=C(COc1ccc2c(c1)CCCC2)N[C@@H]1CCC[C@@H](O)[C@@H]1O. The van der Waals surface area contributed by atoms with Crippen LogP contribution in [0.25, 0.3) is 0 Å². The van der Waals surface area contributed by atoms with E-state index in [2.05, 4.69) is 11.4 Å². The van der Waals surface area contributed by atoms with Gasteiger partial charge in [0, 0.05) is 0 Å². The van der Waals surface area contributed by atoms with Crippen molar-refractivity contribution in [1.82, 2.24) is 5.32 Å². The number of fused-ring (bicyclic) bond motifs is 1. The fourth-order valence-corrected chi connectivity index (χ4v) is 3.51. The minimum atomic E-state index is -0.892. The molecule has 5 heteroatoms. The van der Waals surface area contributed by atoms with Crippen molar-refractivity contribution in [2.24, 2.45) is 0 Å². The van der Waals surface area contributed by atoms with Crippen molar-refractivity contribution in [3.63, 3.8) is 0 Å². The van der Waals surface area contributed by atoms with Crippen molar-refractivity contribution in [1.29, 1.82) is 0 Å². The number of rotatable bonds is 4. The molecule has 3 atom stereocenters. The van der Waals surface area contributed by atoms with Crippen LogP contribution in [0.15, 0.2) is 18.2 Å². The first kappa shape index (κ1) is 16.3. The number of aliphatic hydroxyl groups excluding tert-OH is 2. The van der Waals surface area contributed by atoms with Gasteiger partial charge in [0.2, 0.25) is 0 Å². The zero-order valence-electron chi connectivity index (χ0n) is 13.3. The standard InChI is InChI=1S/C18H25NO4/c20-16-7-3-6-15(18(16)22)19-17(21)11-23-14-9-8-12-4-1-2-5-13(12)10-14/h8-10,15-16,18,20,22H,1-7,11H2,(H,19,21)/t15-,16-,18-/m1/s1. The van der Waals surface area contributed by atoms with Gasteiger partial charge in [-0.2, -0.15) is 0 Å². The van der Waals surface area contributed by atoms with Crippen LogP contribution in [-0.2, 0) is 17.6 Å². The lowest BCUT2D eigenvalue weighted by Gasteiger charge is -2.32. The monoisotopic (exact) mass is 319 g/mol. The molecule has 2 aliphatic carbocycles. The molecule has 3 N–H and O–H groups in total. The van der Waals surface area contributed by atoms with E-state index in [-0.39, 0.29) is 12.5 Å². The average Bonchev–Trinajstić information content (AvgIpc) is 2.57. The second-order valence-electron chi connectivity index (χ2n) is 6.59. The number of ether oxygens (including phenoxy) is 1. The normalized spacial score (nSPS) is 27.1. The third-order valence-corrected chi connectivity index (χ3v) is 4.86. The maximum absolute atomic E-state index is 12.0. The van der Waals surface area contributed by atoms with Crippen LogP contribution in [-0.4, -0.2) is 41.0 Å². The Morgan fingerprint density at radius 3 is 2.74 bits per heavy atom. The minimum absolute atomic E-state index is 0.0713. The molecule has 3 rings (SSSR count). The van der Waals surface area contributed by atoms with Gasteiger partial charge in [-0.25, -0.2) is 0 Å². The van der Waals surface area contributed by atoms with E-state index in [0.717, 1.165) is 19.3 Å². The summed E-state index contributed by atoms with van der Waals surface area (Å²) in [7, 11) is 0. The van der Waals surface area contributed by atoms with Crippen LogP contribution in [0.5, 0.6) is 5.75 Å². The second-order valence-corrected chi connectivity index (χ2v) is 6.59. The number of amides is 1. The summed E-state index contributed by atoms with van der Waals surface area (Å²) in [6.45, 7) is -0.0713. The van der Waals surface area contributed by atoms with E-state index in [9.17, 15) is 15.0 Å². The molecule has 126 valence electrons. The zero-order chi connectivity index (χ0) is 16.2. The van der Waals surface area contributed by atoms with Crippen molar-refractivity contribution < 1.29 is 19.7 Å². The van der Waals surface area contributed by atoms with Crippen LogP contribution in [0, 0.1) is 0 Å². The Kier molecular flexibility index (Phi) is 5.18. The molecule has 1 saturated carbocycles. The molecular weight excluding hydrogens is 294 g/mol. The van der Waals surface area contributed by atoms with Crippen molar-refractivity contribution >= 4 is 5.91 Å². The molecule has 0 unspecified atom stereocenters. The van der Waals surface area contributed by atoms with Gasteiger partial charge in [0.15, 0.2) is 6.61 Å². The van der Waals surface area contributed by atoms with Gasteiger partial charge in [0.25, 0.3) is 5.91 Å². The van der Waals surface area contributed by atoms with Crippen LogP contribution < -0.4 is 10.1 Å². The van der Waals surface area contributed by atoms with E-state index in [1.165, 1.54) is 24.0 Å². The molecule has 5 nitrogen and oxygen atoms in total. The van der Waals surface area contributed by atoms with Crippen LogP contribution in [0.1, 0.15) is 43.2 Å². The van der Waals surface area contributed by atoms with Gasteiger partial charge in [-0.3, -0.25) is 4.79 Å². The summed E-state index contributed by atoms with van der Waals surface area (Å²) in [6.07, 6.45) is 5.07. The van der Waals surface area contributed by atoms with Gasteiger partial charge >= 0.3 is 0 Å². The zero-order valence-corrected chi connectivity index (χ0v) is 13.3. The molecule has 0 radical (unpaired) electrons. The third kappa shape index (κ3) is 4.03. The summed E-state index contributed by atoms with van der Waals surface area (Å²) in [4.78, 5) is 12.0. The molecule has 1 fully saturated rings. The molecule has 0 aromatic heterocycles. The maximum Gasteiger partial charge on any atom is 0.258 e. The van der Waals surface area contributed by atoms with Crippen LogP contribution in [0.4, 0.5) is 0 Å². The fourth-order valence-electron chi connectivity index (χ4n) is 3.51. The summed E-state index contributed by atoms with van der Waals surface area (Å²) in [5.74, 6) is 0.450. The number of nitrogens with one attached hydrogen (secondary N) is 1. The summed E-state index contributed by atoms with van der Waals surface area (Å²) < 4.78 is 5.58. The first-order valence-electron chi connectivity index (χ1n) is 8.53. The first-order valence-corrected chi connectivity index (χ1v) is 8.53. The smallest absolute Gasteiger partial charge is 0.258 e. The molecule has 1 aromatic carbocycles. The first-order chi connectivity index (χ1) is 11.1. The number of benzene rings is 1. The van der Waals surface area contributed by atoms with Crippen molar-refractivity contribution in [3.8, 4) is 5.75 Å². The van der Waals surface area contributed by atoms with Crippen LogP contribution in [0.3, 0.4) is 0 Å². The fraction of sp³-hybridized carbons (Fsp3) is 0.611. The third-order valence-electron chi connectivity index (χ3n) is 4.86. The van der Waals surface area contributed by atoms with Crippen molar-refractivity contribution in [3.05, 3.63) is 29.3 Å². The lowest BCUT2D eigenvalue weighted by atomic mass is 9.90. The lowest BCUT2D eigenvalue weighted by Crippen LogP contribution is -2.51. The second kappa shape index (κ2) is 7.32. The Morgan fingerprint density at radius 1 is 1.13 bits per heavy atom. The number of carbonyl (C=O) groups is 1. The largest absolute Gasteiger partial charge is 0.484 e. The van der Waals surface area contributed by atoms with Crippen LogP contribution >= 0.6 is 0 Å². The summed E-state index contributed by atoms with van der Waals surface area (Å²) >= 11 is 0. The van der Waals surface area contributed by atoms with Gasteiger partial charge in [-0.15, -0.1) is 0 Å². The molecule has 0 heterocycles. The Hall–Kier alpha value is -1.59. The Balaban J connectivity index is 1.51. The van der Waals surface area contributed by atoms with Gasteiger partial charge in [-0.1, -0.05) is 6.07 Å². The van der Waals surface area contributed by atoms with E-state index >= 15 is 0 Å². The van der Waals surface area contributed by atoms with E-state index in [1.807, 2.05) is 12.1 Å². The predicted octanol–water partition coefficient (Wildman–Crippen LogP) is 1.33. The topological polar surface area (TPSA) is 78.8 Å². The van der Waals surface area contributed by atoms with E-state index in [0.29, 0.717) is 18.6 Å². The molecule has 1 amide bonds. The van der Waals surface area contributed by atoms with Crippen LogP contribution in [0.2, 0.25) is 0 Å². The Labute approximate surface area is 136 Å². The molecule has 23 heavy (non-hydrogen) atoms. The number of hydrogen-bond acceptors (Lipinski definition) is 4. The molecule has 0 spiro atoms. The average molecular weight is 319 g/mol. The quantitative estimate of drug-likeness (QED) is 0.782. The summed E-state index contributed by atoms with van der Waals surface area (Å²) in [6, 6.07) is 5.64. The molecule has 2 aliphatic rings. The van der Waals surface area contributed by atoms with E-state index in [1.54, 1.807) is 0 Å². The molecule has 0 saturated heterocycles. The summed E-state index contributed by atoms with van der Waals surface area (Å²) in [5.41, 5.74) is 2.70. The van der Waals surface area contributed by atoms with E-state index in [4.69, 9.17) is 4.74 Å². The number of carbonyl (C=O) groups excluding carboxylic acids is 1. The number of hydrogen-bond donors (Lipinski definition) is 3. The van der Waals surface area contributed by atoms with E-state index < -0.39 is 18.2 Å². The van der Waals surface area contributed by atoms with Gasteiger partial charge in [0.1, 0.15) is 5.75 Å². The highest BCUT2D eigenvalue weighted by atomic mass is 16.5. The minimum Gasteiger partial charge on any atom is -0.484 e. The molecule has 1 aromatic rings. The number of aliphatic hydroxyl groups is 2. The lowest BCUT2D eigenvalue weighted by molar-refractivity contribution is -0.126. The molecule has 0 aliphatic heterocycles. The summed E-state index contributed by atoms with van der Waals surface area (Å²) in [5, 5.41) is 22.3. The van der Waals surface area contributed by atoms with Gasteiger partial charge in [0.05, 0.1) is 18.2 Å². The van der Waals surface area contributed by atoms with Gasteiger partial charge in [-0.05, 0) is 68.2 Å². The highest BCUT2D eigenvalue weighted by Gasteiger charge is 2.31. The Morgan fingerprint density at radius 2 is 1.91 bits per heavy atom. The highest BCUT2D eigenvalue weighted by molar-refractivity contribution is 5.78.